The summed E-state index contributed by atoms with van der Waals surface area (Å²) in [6.45, 7) is 5.87. The lowest BCUT2D eigenvalue weighted by Crippen LogP contribution is -2.51. The number of aliphatic hydroxyl groups excluding tert-OH is 1. The third kappa shape index (κ3) is 6.80. The van der Waals surface area contributed by atoms with Crippen molar-refractivity contribution in [3.63, 3.8) is 0 Å². The van der Waals surface area contributed by atoms with Crippen molar-refractivity contribution in [2.45, 2.75) is 52.1 Å². The van der Waals surface area contributed by atoms with Gasteiger partial charge in [-0.25, -0.2) is 0 Å². The van der Waals surface area contributed by atoms with E-state index in [1.165, 1.54) is 17.0 Å². The number of nitrogens with one attached hydrogen (secondary N) is 1. The maximum Gasteiger partial charge on any atom is 0.416 e. The van der Waals surface area contributed by atoms with Crippen LogP contribution >= 0.6 is 0 Å². The molecule has 2 aromatic carbocycles. The quantitative estimate of drug-likeness (QED) is 0.639. The van der Waals surface area contributed by atoms with Crippen molar-refractivity contribution in [1.29, 1.82) is 0 Å². The summed E-state index contributed by atoms with van der Waals surface area (Å²) in [6.07, 6.45) is -5.17. The van der Waals surface area contributed by atoms with Gasteiger partial charge in [0, 0.05) is 18.7 Å². The zero-order chi connectivity index (χ0) is 25.1. The molecule has 1 aliphatic rings. The largest absolute Gasteiger partial charge is 0.416 e. The van der Waals surface area contributed by atoms with Crippen molar-refractivity contribution < 1.29 is 32.6 Å². The summed E-state index contributed by atoms with van der Waals surface area (Å²) in [5.41, 5.74) is 0.704. The first-order valence-electron chi connectivity index (χ1n) is 10.9. The van der Waals surface area contributed by atoms with Gasteiger partial charge in [-0.1, -0.05) is 45.0 Å². The number of alkyl halides is 3. The predicted molar refractivity (Wildman–Crippen MR) is 121 cm³/mol. The number of carbonyl (C=O) groups excluding carboxylic acids is 2. The Balaban J connectivity index is 1.71. The zero-order valence-corrected chi connectivity index (χ0v) is 19.4. The molecular formula is C25H29F3N2O4. The summed E-state index contributed by atoms with van der Waals surface area (Å²) in [5.74, 6) is -0.476. The van der Waals surface area contributed by atoms with Gasteiger partial charge < -0.3 is 20.1 Å². The van der Waals surface area contributed by atoms with Crippen LogP contribution in [0.3, 0.4) is 0 Å². The van der Waals surface area contributed by atoms with Crippen molar-refractivity contribution >= 4 is 17.5 Å². The van der Waals surface area contributed by atoms with Crippen LogP contribution in [-0.4, -0.2) is 41.1 Å². The van der Waals surface area contributed by atoms with Crippen LogP contribution in [0.5, 0.6) is 0 Å². The van der Waals surface area contributed by atoms with Gasteiger partial charge in [-0.3, -0.25) is 9.59 Å². The minimum atomic E-state index is -4.44. The average Bonchev–Trinajstić information content (AvgIpc) is 2.73. The molecule has 2 atom stereocenters. The number of rotatable bonds is 6. The van der Waals surface area contributed by atoms with Crippen molar-refractivity contribution in [2.24, 2.45) is 5.41 Å². The molecule has 184 valence electrons. The zero-order valence-electron chi connectivity index (χ0n) is 19.4. The highest BCUT2D eigenvalue weighted by molar-refractivity contribution is 5.91. The number of carbonyl (C=O) groups is 2. The van der Waals surface area contributed by atoms with E-state index in [4.69, 9.17) is 4.74 Å². The maximum absolute atomic E-state index is 12.8. The van der Waals surface area contributed by atoms with Crippen LogP contribution in [0.4, 0.5) is 18.9 Å². The first-order valence-corrected chi connectivity index (χ1v) is 10.9. The number of benzene rings is 2. The molecule has 0 spiro atoms. The van der Waals surface area contributed by atoms with Crippen molar-refractivity contribution in [3.05, 3.63) is 65.2 Å². The van der Waals surface area contributed by atoms with Gasteiger partial charge in [-0.15, -0.1) is 0 Å². The molecule has 1 heterocycles. The van der Waals surface area contributed by atoms with Crippen LogP contribution in [-0.2, 0) is 27.0 Å². The Bertz CT molecular complexity index is 999. The number of amides is 2. The minimum Gasteiger partial charge on any atom is -0.386 e. The first kappa shape index (κ1) is 25.7. The molecule has 0 aromatic heterocycles. The molecule has 2 aromatic rings. The summed E-state index contributed by atoms with van der Waals surface area (Å²) in [5, 5.41) is 13.8. The lowest BCUT2D eigenvalue weighted by atomic mass is 9.92. The van der Waals surface area contributed by atoms with E-state index in [2.05, 4.69) is 5.32 Å². The lowest BCUT2D eigenvalue weighted by Gasteiger charge is -2.38. The van der Waals surface area contributed by atoms with E-state index in [0.717, 1.165) is 12.1 Å². The summed E-state index contributed by atoms with van der Waals surface area (Å²) in [6, 6.07) is 10.5. The second-order valence-electron chi connectivity index (χ2n) is 9.65. The van der Waals surface area contributed by atoms with E-state index in [9.17, 15) is 27.9 Å². The van der Waals surface area contributed by atoms with Crippen LogP contribution in [0.25, 0.3) is 0 Å². The molecule has 0 saturated carbocycles. The number of nitrogens with zero attached hydrogens (tertiary/aromatic N) is 1. The molecule has 6 nitrogen and oxygen atoms in total. The molecule has 34 heavy (non-hydrogen) atoms. The molecule has 3 rings (SSSR count). The van der Waals surface area contributed by atoms with Crippen LogP contribution in [0.1, 0.15) is 50.0 Å². The lowest BCUT2D eigenvalue weighted by molar-refractivity contribution is -0.155. The summed E-state index contributed by atoms with van der Waals surface area (Å²) in [4.78, 5) is 26.1. The van der Waals surface area contributed by atoms with Crippen LogP contribution in [0.2, 0.25) is 0 Å². The van der Waals surface area contributed by atoms with E-state index in [1.54, 1.807) is 24.3 Å². The number of hydrogen-bond acceptors (Lipinski definition) is 4. The average molecular weight is 479 g/mol. The summed E-state index contributed by atoms with van der Waals surface area (Å²) < 4.78 is 43.8. The SMILES string of the molecule is CC(C)(C)CC(=O)Nc1ccc(C(O)C2COCC(=O)N2Cc2ccc(C(F)(F)F)cc2)cc1. The Morgan fingerprint density at radius 1 is 1.12 bits per heavy atom. The van der Waals surface area contributed by atoms with Crippen LogP contribution < -0.4 is 5.32 Å². The number of halogens is 3. The molecule has 0 aliphatic carbocycles. The second-order valence-corrected chi connectivity index (χ2v) is 9.65. The predicted octanol–water partition coefficient (Wildman–Crippen LogP) is 4.54. The fourth-order valence-corrected chi connectivity index (χ4v) is 3.76. The summed E-state index contributed by atoms with van der Waals surface area (Å²) in [7, 11) is 0. The molecule has 2 amide bonds. The standard InChI is InChI=1S/C25H29F3N2O4/c1-24(2,3)12-21(31)29-19-10-6-17(7-11-19)23(33)20-14-34-15-22(32)30(20)13-16-4-8-18(9-5-16)25(26,27)28/h4-11,20,23,33H,12-15H2,1-3H3,(H,29,31). The van der Waals surface area contributed by atoms with Crippen molar-refractivity contribution in [3.8, 4) is 0 Å². The maximum atomic E-state index is 12.8. The molecule has 9 heteroatoms. The fourth-order valence-electron chi connectivity index (χ4n) is 3.76. The molecule has 2 unspecified atom stereocenters. The van der Waals surface area contributed by atoms with Crippen molar-refractivity contribution in [1.82, 2.24) is 4.90 Å². The fraction of sp³-hybridized carbons (Fsp3) is 0.440. The van der Waals surface area contributed by atoms with Crippen molar-refractivity contribution in [2.75, 3.05) is 18.5 Å². The Morgan fingerprint density at radius 3 is 2.29 bits per heavy atom. The van der Waals surface area contributed by atoms with Gasteiger partial charge >= 0.3 is 6.18 Å². The number of ether oxygens (including phenoxy) is 1. The van der Waals surface area contributed by atoms with Gasteiger partial charge in [0.05, 0.1) is 18.2 Å². The number of hydrogen-bond donors (Lipinski definition) is 2. The highest BCUT2D eigenvalue weighted by atomic mass is 19.4. The topological polar surface area (TPSA) is 78.9 Å². The van der Waals surface area contributed by atoms with Gasteiger partial charge in [0.1, 0.15) is 12.7 Å². The molecule has 0 radical (unpaired) electrons. The van der Waals surface area contributed by atoms with Gasteiger partial charge in [0.25, 0.3) is 0 Å². The third-order valence-corrected chi connectivity index (χ3v) is 5.46. The van der Waals surface area contributed by atoms with E-state index in [1.807, 2.05) is 20.8 Å². The molecule has 1 fully saturated rings. The van der Waals surface area contributed by atoms with Gasteiger partial charge in [0.2, 0.25) is 11.8 Å². The normalized spacial score (nSPS) is 18.0. The number of aliphatic hydroxyl groups is 1. The third-order valence-electron chi connectivity index (χ3n) is 5.46. The Kier molecular flexibility index (Phi) is 7.67. The minimum absolute atomic E-state index is 0.0446. The van der Waals surface area contributed by atoms with Gasteiger partial charge in [0.15, 0.2) is 0 Å². The Hall–Kier alpha value is -2.91. The highest BCUT2D eigenvalue weighted by Crippen LogP contribution is 2.30. The van der Waals surface area contributed by atoms with Gasteiger partial charge in [-0.05, 0) is 40.8 Å². The molecule has 0 bridgehead atoms. The van der Waals surface area contributed by atoms with Gasteiger partial charge in [-0.2, -0.15) is 13.2 Å². The Morgan fingerprint density at radius 2 is 1.74 bits per heavy atom. The molecular weight excluding hydrogens is 449 g/mol. The second kappa shape index (κ2) is 10.1. The van der Waals surface area contributed by atoms with E-state index in [0.29, 0.717) is 23.2 Å². The Labute approximate surface area is 196 Å². The first-order chi connectivity index (χ1) is 15.8. The monoisotopic (exact) mass is 478 g/mol. The van der Waals surface area contributed by atoms with E-state index >= 15 is 0 Å². The highest BCUT2D eigenvalue weighted by Gasteiger charge is 2.35. The van der Waals surface area contributed by atoms with E-state index < -0.39 is 23.9 Å². The molecule has 2 N–H and O–H groups in total. The molecule has 1 aliphatic heterocycles. The summed E-state index contributed by atoms with van der Waals surface area (Å²) >= 11 is 0. The molecule has 1 saturated heterocycles. The van der Waals surface area contributed by atoms with Crippen LogP contribution in [0.15, 0.2) is 48.5 Å². The smallest absolute Gasteiger partial charge is 0.386 e. The number of anilines is 1. The van der Waals surface area contributed by atoms with Crippen LogP contribution in [0, 0.1) is 5.41 Å². The number of morpholine rings is 1. The van der Waals surface area contributed by atoms with E-state index in [-0.39, 0.29) is 37.0 Å².